The molecule has 0 aliphatic carbocycles. The van der Waals surface area contributed by atoms with E-state index < -0.39 is 0 Å². The molecule has 0 aromatic heterocycles. The minimum absolute atomic E-state index is 0. The van der Waals surface area contributed by atoms with Gasteiger partial charge in [0.25, 0.3) is 0 Å². The number of hydrogen-bond donors (Lipinski definition) is 1. The van der Waals surface area contributed by atoms with E-state index in [2.05, 4.69) is 19.2 Å². The smallest absolute Gasteiger partial charge is 0 e. The van der Waals surface area contributed by atoms with Crippen molar-refractivity contribution >= 4 is 0 Å². The monoisotopic (exact) mass is 149 g/mol. The predicted molar refractivity (Wildman–Crippen MR) is 53.6 cm³/mol. The van der Waals surface area contributed by atoms with Crippen molar-refractivity contribution in [1.29, 1.82) is 0 Å². The van der Waals surface area contributed by atoms with Gasteiger partial charge >= 0.3 is 0 Å². The van der Waals surface area contributed by atoms with Crippen molar-refractivity contribution in [3.8, 4) is 0 Å². The summed E-state index contributed by atoms with van der Waals surface area (Å²) in [5.74, 6) is 0. The number of nitrogens with one attached hydrogen (secondary N) is 1. The second-order valence-corrected chi connectivity index (χ2v) is 1.35. The Morgan fingerprint density at radius 2 is 1.40 bits per heavy atom. The van der Waals surface area contributed by atoms with Crippen LogP contribution in [-0.4, -0.2) is 13.1 Å². The quantitative estimate of drug-likeness (QED) is 0.607. The first kappa shape index (κ1) is 16.5. The Kier molecular flexibility index (Phi) is 59.8. The fourth-order valence-electron chi connectivity index (χ4n) is 0.354. The van der Waals surface area contributed by atoms with Crippen LogP contribution in [0.3, 0.4) is 0 Å². The lowest BCUT2D eigenvalue weighted by atomic mass is 10.5. The molecule has 0 saturated carbocycles. The highest BCUT2D eigenvalue weighted by atomic mass is 14.8. The molecule has 10 heavy (non-hydrogen) atoms. The van der Waals surface area contributed by atoms with E-state index in [-0.39, 0.29) is 1.43 Å². The van der Waals surface area contributed by atoms with Crippen LogP contribution in [-0.2, 0) is 0 Å². The van der Waals surface area contributed by atoms with Crippen LogP contribution in [0.1, 0.15) is 49.4 Å². The molecule has 0 unspecified atom stereocenters. The molecular weight excluding hydrogens is 122 g/mol. The van der Waals surface area contributed by atoms with Gasteiger partial charge in [0.05, 0.1) is 0 Å². The van der Waals surface area contributed by atoms with Crippen LogP contribution < -0.4 is 5.32 Å². The van der Waals surface area contributed by atoms with Crippen LogP contribution in [0.2, 0.25) is 0 Å². The van der Waals surface area contributed by atoms with E-state index in [1.807, 2.05) is 27.7 Å². The summed E-state index contributed by atoms with van der Waals surface area (Å²) in [7, 11) is 0. The maximum atomic E-state index is 3.20. The molecule has 0 fully saturated rings. The first-order valence-corrected chi connectivity index (χ1v) is 4.62. The first-order valence-electron chi connectivity index (χ1n) is 4.62. The van der Waals surface area contributed by atoms with Crippen LogP contribution >= 0.6 is 0 Å². The van der Waals surface area contributed by atoms with Crippen molar-refractivity contribution < 1.29 is 1.43 Å². The SMILES string of the molecule is CC.CC.CCCNCC.[HH]. The Labute approximate surface area is 68.7 Å². The van der Waals surface area contributed by atoms with Crippen LogP contribution in [0.5, 0.6) is 0 Å². The molecule has 0 atom stereocenters. The zero-order valence-electron chi connectivity index (χ0n) is 8.62. The summed E-state index contributed by atoms with van der Waals surface area (Å²) in [6.07, 6.45) is 1.24. The lowest BCUT2D eigenvalue weighted by Gasteiger charge is -1.91. The molecule has 0 heterocycles. The Balaban J connectivity index is -0.0000000428. The largest absolute Gasteiger partial charge is 0.317 e. The second-order valence-electron chi connectivity index (χ2n) is 1.35. The number of hydrogen-bond acceptors (Lipinski definition) is 1. The minimum Gasteiger partial charge on any atom is -0.317 e. The third kappa shape index (κ3) is 44.0. The molecular formula is C9H27N. The molecule has 0 bridgehead atoms. The van der Waals surface area contributed by atoms with E-state index in [0.717, 1.165) is 13.1 Å². The van der Waals surface area contributed by atoms with Gasteiger partial charge in [0.15, 0.2) is 0 Å². The zero-order chi connectivity index (χ0) is 8.83. The molecule has 0 aromatic carbocycles. The Hall–Kier alpha value is -0.0400. The average molecular weight is 149 g/mol. The first-order chi connectivity index (χ1) is 4.91. The van der Waals surface area contributed by atoms with Crippen molar-refractivity contribution in [2.45, 2.75) is 48.0 Å². The summed E-state index contributed by atoms with van der Waals surface area (Å²) in [5, 5.41) is 3.20. The molecule has 68 valence electrons. The maximum absolute atomic E-state index is 3.20. The molecule has 1 N–H and O–H groups in total. The Bertz CT molecular complexity index is 21.5. The Morgan fingerprint density at radius 3 is 1.50 bits per heavy atom. The van der Waals surface area contributed by atoms with E-state index in [1.54, 1.807) is 0 Å². The van der Waals surface area contributed by atoms with Crippen molar-refractivity contribution in [3.05, 3.63) is 0 Å². The topological polar surface area (TPSA) is 12.0 Å². The molecule has 0 radical (unpaired) electrons. The summed E-state index contributed by atoms with van der Waals surface area (Å²) >= 11 is 0. The third-order valence-corrected chi connectivity index (χ3v) is 0.677. The van der Waals surface area contributed by atoms with Gasteiger partial charge in [-0.25, -0.2) is 0 Å². The zero-order valence-corrected chi connectivity index (χ0v) is 8.62. The Morgan fingerprint density at radius 1 is 1.00 bits per heavy atom. The van der Waals surface area contributed by atoms with Crippen LogP contribution in [0.25, 0.3) is 0 Å². The highest BCUT2D eigenvalue weighted by molar-refractivity contribution is 4.35. The molecule has 0 spiro atoms. The molecule has 1 nitrogen and oxygen atoms in total. The van der Waals surface area contributed by atoms with Gasteiger partial charge in [-0.05, 0) is 19.5 Å². The fourth-order valence-corrected chi connectivity index (χ4v) is 0.354. The highest BCUT2D eigenvalue weighted by Gasteiger charge is 1.71. The van der Waals surface area contributed by atoms with Gasteiger partial charge in [-0.1, -0.05) is 41.5 Å². The summed E-state index contributed by atoms with van der Waals surface area (Å²) in [6.45, 7) is 14.6. The summed E-state index contributed by atoms with van der Waals surface area (Å²) in [5.41, 5.74) is 0. The fraction of sp³-hybridized carbons (Fsp3) is 1.00. The van der Waals surface area contributed by atoms with Crippen LogP contribution in [0.15, 0.2) is 0 Å². The normalized spacial score (nSPS) is 6.60. The molecule has 0 amide bonds. The molecule has 0 aromatic rings. The third-order valence-electron chi connectivity index (χ3n) is 0.677. The van der Waals surface area contributed by atoms with E-state index in [1.165, 1.54) is 6.42 Å². The van der Waals surface area contributed by atoms with Crippen LogP contribution in [0, 0.1) is 0 Å². The molecule has 0 saturated heterocycles. The van der Waals surface area contributed by atoms with Gasteiger partial charge in [0, 0.05) is 1.43 Å². The van der Waals surface area contributed by atoms with Gasteiger partial charge in [-0.2, -0.15) is 0 Å². The maximum Gasteiger partial charge on any atom is 0 e. The lowest BCUT2D eigenvalue weighted by molar-refractivity contribution is 0.703. The molecule has 1 heteroatoms. The summed E-state index contributed by atoms with van der Waals surface area (Å²) in [4.78, 5) is 0. The van der Waals surface area contributed by atoms with Crippen LogP contribution in [0.4, 0.5) is 0 Å². The average Bonchev–Trinajstić information content (AvgIpc) is 2.08. The van der Waals surface area contributed by atoms with Crippen molar-refractivity contribution in [1.82, 2.24) is 5.32 Å². The van der Waals surface area contributed by atoms with E-state index in [0.29, 0.717) is 0 Å². The van der Waals surface area contributed by atoms with Gasteiger partial charge in [-0.15, -0.1) is 0 Å². The summed E-state index contributed by atoms with van der Waals surface area (Å²) < 4.78 is 0. The van der Waals surface area contributed by atoms with Crippen molar-refractivity contribution in [3.63, 3.8) is 0 Å². The summed E-state index contributed by atoms with van der Waals surface area (Å²) in [6, 6.07) is 0. The highest BCUT2D eigenvalue weighted by Crippen LogP contribution is 1.65. The van der Waals surface area contributed by atoms with E-state index in [9.17, 15) is 0 Å². The molecule has 0 rings (SSSR count). The van der Waals surface area contributed by atoms with Gasteiger partial charge in [0.1, 0.15) is 0 Å². The molecule has 0 aliphatic rings. The molecule has 0 aliphatic heterocycles. The number of rotatable bonds is 3. The minimum atomic E-state index is 0. The van der Waals surface area contributed by atoms with Crippen molar-refractivity contribution in [2.24, 2.45) is 0 Å². The lowest BCUT2D eigenvalue weighted by Crippen LogP contribution is -2.12. The van der Waals surface area contributed by atoms with Gasteiger partial charge < -0.3 is 5.32 Å². The predicted octanol–water partition coefficient (Wildman–Crippen LogP) is 3.30. The standard InChI is InChI=1S/C5H13N.2C2H6.H2/c1-3-5-6-4-2;2*1-2;/h6H,3-5H2,1-2H3;2*1-2H3;1H. The van der Waals surface area contributed by atoms with E-state index in [4.69, 9.17) is 0 Å². The second kappa shape index (κ2) is 36.2. The van der Waals surface area contributed by atoms with Gasteiger partial charge in [0.2, 0.25) is 0 Å². The van der Waals surface area contributed by atoms with Crippen molar-refractivity contribution in [2.75, 3.05) is 13.1 Å². The van der Waals surface area contributed by atoms with Gasteiger partial charge in [-0.3, -0.25) is 0 Å². The van der Waals surface area contributed by atoms with E-state index >= 15 is 0 Å².